The number of rotatable bonds is 77. The van der Waals surface area contributed by atoms with Crippen molar-refractivity contribution in [3.63, 3.8) is 0 Å². The molecule has 0 aliphatic rings. The highest BCUT2D eigenvalue weighted by Crippen LogP contribution is 2.45. The number of carbonyl (C=O) groups excluding carboxylic acids is 4. The van der Waals surface area contributed by atoms with Crippen molar-refractivity contribution < 1.29 is 80.2 Å². The Bertz CT molecular complexity index is 2030. The van der Waals surface area contributed by atoms with E-state index in [1.165, 1.54) is 180 Å². The van der Waals surface area contributed by atoms with Crippen LogP contribution in [0.1, 0.15) is 395 Å². The third kappa shape index (κ3) is 73.8. The van der Waals surface area contributed by atoms with Gasteiger partial charge in [0.15, 0.2) is 12.2 Å². The molecule has 0 amide bonds. The summed E-state index contributed by atoms with van der Waals surface area (Å²) in [6.45, 7) is 11.8. The molecule has 0 aromatic carbocycles. The number of carbonyl (C=O) groups is 4. The number of esters is 4. The summed E-state index contributed by atoms with van der Waals surface area (Å²) in [6, 6.07) is 0. The summed E-state index contributed by atoms with van der Waals surface area (Å²) in [6.07, 6.45) is 62.0. The van der Waals surface area contributed by atoms with Gasteiger partial charge in [-0.15, -0.1) is 0 Å². The summed E-state index contributed by atoms with van der Waals surface area (Å²) in [5.74, 6) is 0.136. The lowest BCUT2D eigenvalue weighted by Gasteiger charge is -2.21. The first-order valence-electron chi connectivity index (χ1n) is 41.2. The van der Waals surface area contributed by atoms with E-state index < -0.39 is 97.5 Å². The van der Waals surface area contributed by atoms with Crippen LogP contribution in [0.5, 0.6) is 0 Å². The van der Waals surface area contributed by atoms with Crippen LogP contribution < -0.4 is 0 Å². The molecule has 0 spiro atoms. The fourth-order valence-corrected chi connectivity index (χ4v) is 13.5. The van der Waals surface area contributed by atoms with Crippen LogP contribution in [0.25, 0.3) is 0 Å². The number of allylic oxidation sites excluding steroid dienone is 4. The van der Waals surface area contributed by atoms with Crippen molar-refractivity contribution >= 4 is 39.5 Å². The largest absolute Gasteiger partial charge is 0.472 e. The van der Waals surface area contributed by atoms with Crippen molar-refractivity contribution in [2.75, 3.05) is 39.6 Å². The van der Waals surface area contributed by atoms with Gasteiger partial charge in [-0.3, -0.25) is 37.3 Å². The predicted octanol–water partition coefficient (Wildman–Crippen LogP) is 23.7. The topological polar surface area (TPSA) is 237 Å². The van der Waals surface area contributed by atoms with Crippen molar-refractivity contribution in [1.29, 1.82) is 0 Å². The van der Waals surface area contributed by atoms with Crippen LogP contribution >= 0.6 is 15.6 Å². The van der Waals surface area contributed by atoms with E-state index in [1.807, 2.05) is 0 Å². The molecule has 590 valence electrons. The number of hydrogen-bond donors (Lipinski definition) is 3. The molecule has 100 heavy (non-hydrogen) atoms. The van der Waals surface area contributed by atoms with Crippen LogP contribution in [0.2, 0.25) is 0 Å². The molecule has 0 rings (SSSR count). The van der Waals surface area contributed by atoms with E-state index in [-0.39, 0.29) is 25.7 Å². The Kier molecular flexibility index (Phi) is 69.1. The molecular formula is C81H154O17P2. The highest BCUT2D eigenvalue weighted by molar-refractivity contribution is 7.47. The zero-order valence-corrected chi connectivity index (χ0v) is 66.9. The zero-order valence-electron chi connectivity index (χ0n) is 65.2. The number of aliphatic hydroxyl groups excluding tert-OH is 1. The lowest BCUT2D eigenvalue weighted by molar-refractivity contribution is -0.161. The number of ether oxygens (including phenoxy) is 4. The molecule has 17 nitrogen and oxygen atoms in total. The molecule has 3 N–H and O–H groups in total. The van der Waals surface area contributed by atoms with Crippen LogP contribution in [0.4, 0.5) is 0 Å². The van der Waals surface area contributed by atoms with Gasteiger partial charge < -0.3 is 33.8 Å². The van der Waals surface area contributed by atoms with Gasteiger partial charge in [-0.2, -0.15) is 0 Å². The third-order valence-corrected chi connectivity index (χ3v) is 20.2. The predicted molar refractivity (Wildman–Crippen MR) is 409 cm³/mol. The van der Waals surface area contributed by atoms with Gasteiger partial charge >= 0.3 is 39.5 Å². The lowest BCUT2D eigenvalue weighted by Crippen LogP contribution is -2.30. The molecular weight excluding hydrogens is 1310 g/mol. The van der Waals surface area contributed by atoms with Gasteiger partial charge in [0.2, 0.25) is 0 Å². The van der Waals surface area contributed by atoms with Gasteiger partial charge in [-0.1, -0.05) is 342 Å². The van der Waals surface area contributed by atoms with Crippen LogP contribution in [-0.2, 0) is 65.4 Å². The fraction of sp³-hybridized carbons (Fsp3) is 0.901. The summed E-state index contributed by atoms with van der Waals surface area (Å²) in [7, 11) is -9.93. The minimum atomic E-state index is -4.97. The molecule has 0 saturated heterocycles. The molecule has 0 aliphatic heterocycles. The first-order chi connectivity index (χ1) is 48.2. The number of unbranched alkanes of at least 4 members (excludes halogenated alkanes) is 42. The number of phosphoric acid groups is 2. The number of phosphoric ester groups is 2. The molecule has 0 radical (unpaired) electrons. The Morgan fingerprint density at radius 3 is 0.810 bits per heavy atom. The zero-order chi connectivity index (χ0) is 73.7. The first kappa shape index (κ1) is 97.5. The Morgan fingerprint density at radius 1 is 0.310 bits per heavy atom. The van der Waals surface area contributed by atoms with Crippen LogP contribution in [0, 0.1) is 17.8 Å². The molecule has 0 aliphatic carbocycles. The summed E-state index contributed by atoms with van der Waals surface area (Å²) < 4.78 is 68.6. The minimum Gasteiger partial charge on any atom is -0.462 e. The number of hydrogen-bond acceptors (Lipinski definition) is 15. The van der Waals surface area contributed by atoms with Crippen LogP contribution in [0.15, 0.2) is 24.3 Å². The van der Waals surface area contributed by atoms with Gasteiger partial charge in [0.1, 0.15) is 19.3 Å². The highest BCUT2D eigenvalue weighted by Gasteiger charge is 2.30. The normalized spacial score (nSPS) is 14.1. The molecule has 5 atom stereocenters. The van der Waals surface area contributed by atoms with Crippen LogP contribution in [0.3, 0.4) is 0 Å². The second kappa shape index (κ2) is 70.8. The summed E-state index contributed by atoms with van der Waals surface area (Å²) >= 11 is 0. The molecule has 0 bridgehead atoms. The van der Waals surface area contributed by atoms with Crippen molar-refractivity contribution in [2.45, 2.75) is 414 Å². The third-order valence-electron chi connectivity index (χ3n) is 18.3. The van der Waals surface area contributed by atoms with E-state index in [9.17, 15) is 43.2 Å². The standard InChI is InChI=1S/C81H154O17P2/c1-8-9-10-11-12-13-14-15-18-25-30-35-40-48-55-62-78(83)91-68-76(97-80(85)64-57-50-41-36-31-26-21-16-19-23-28-33-38-45-52-59-72(2)3)70-95-99(87,88)93-66-75(82)67-94-100(89,90)96-71-77(69-92-79(84)63-56-49-44-43-47-54-61-74(6)7)98-81(86)65-58-51-42-37-32-27-22-17-20-24-29-34-39-46-53-60-73(4)5/h13-15,18,72-77,82H,8-12,16-17,19-71H2,1-7H3,(H,87,88)(H,89,90)/b14-13-,18-15-/t75?,76-,77-/m1/s1. The van der Waals surface area contributed by atoms with Crippen molar-refractivity contribution in [3.8, 4) is 0 Å². The van der Waals surface area contributed by atoms with Crippen molar-refractivity contribution in [1.82, 2.24) is 0 Å². The van der Waals surface area contributed by atoms with E-state index in [1.54, 1.807) is 0 Å². The first-order valence-corrected chi connectivity index (χ1v) is 44.2. The van der Waals surface area contributed by atoms with Crippen molar-refractivity contribution in [2.24, 2.45) is 17.8 Å². The fourth-order valence-electron chi connectivity index (χ4n) is 11.9. The average Bonchev–Trinajstić information content (AvgIpc) is 0.926. The van der Waals surface area contributed by atoms with Crippen molar-refractivity contribution in [3.05, 3.63) is 24.3 Å². The Hall–Kier alpha value is -2.46. The Morgan fingerprint density at radius 2 is 0.540 bits per heavy atom. The van der Waals surface area contributed by atoms with E-state index in [0.29, 0.717) is 31.6 Å². The second-order valence-corrected chi connectivity index (χ2v) is 32.8. The molecule has 3 unspecified atom stereocenters. The van der Waals surface area contributed by atoms with Gasteiger partial charge in [0.25, 0.3) is 0 Å². The minimum absolute atomic E-state index is 0.101. The lowest BCUT2D eigenvalue weighted by atomic mass is 10.0. The Labute approximate surface area is 612 Å². The van der Waals surface area contributed by atoms with Gasteiger partial charge in [-0.25, -0.2) is 9.13 Å². The monoisotopic (exact) mass is 1460 g/mol. The second-order valence-electron chi connectivity index (χ2n) is 29.9. The van der Waals surface area contributed by atoms with Gasteiger partial charge in [0.05, 0.1) is 26.4 Å². The summed E-state index contributed by atoms with van der Waals surface area (Å²) in [5.41, 5.74) is 0. The molecule has 0 aromatic heterocycles. The van der Waals surface area contributed by atoms with E-state index in [0.717, 1.165) is 127 Å². The van der Waals surface area contributed by atoms with Gasteiger partial charge in [0, 0.05) is 25.7 Å². The number of aliphatic hydroxyl groups is 1. The summed E-state index contributed by atoms with van der Waals surface area (Å²) in [4.78, 5) is 73.0. The summed E-state index contributed by atoms with van der Waals surface area (Å²) in [5, 5.41) is 10.6. The molecule has 0 fully saturated rings. The molecule has 0 heterocycles. The smallest absolute Gasteiger partial charge is 0.462 e. The maximum Gasteiger partial charge on any atom is 0.472 e. The maximum absolute atomic E-state index is 13.1. The average molecular weight is 1460 g/mol. The van der Waals surface area contributed by atoms with E-state index in [2.05, 4.69) is 72.8 Å². The quantitative estimate of drug-likeness (QED) is 0.0169. The molecule has 0 saturated carbocycles. The molecule has 19 heteroatoms. The highest BCUT2D eigenvalue weighted by atomic mass is 31.2. The van der Waals surface area contributed by atoms with Crippen LogP contribution in [-0.4, -0.2) is 96.7 Å². The Balaban J connectivity index is 5.25. The van der Waals surface area contributed by atoms with E-state index >= 15 is 0 Å². The van der Waals surface area contributed by atoms with E-state index in [4.69, 9.17) is 37.0 Å². The molecule has 0 aromatic rings. The van der Waals surface area contributed by atoms with Gasteiger partial charge in [-0.05, 0) is 69.1 Å². The SMILES string of the molecule is CCCCCC/C=C\C=C/CCCCCCCC(=O)OC[C@H](COP(=O)(O)OCC(O)COP(=O)(O)OC[C@@H](COC(=O)CCCCCCCCC(C)C)OC(=O)CCCCCCCCCCCCCCCCCC(C)C)OC(=O)CCCCCCCCCCCCCCCCCC(C)C. The maximum atomic E-state index is 13.1.